The maximum Gasteiger partial charge on any atom is 0.293 e. The molecule has 2 aliphatic rings. The fourth-order valence-electron chi connectivity index (χ4n) is 2.68. The van der Waals surface area contributed by atoms with Crippen molar-refractivity contribution in [2.45, 2.75) is 19.9 Å². The Balaban J connectivity index is 1.75. The van der Waals surface area contributed by atoms with E-state index in [4.69, 9.17) is 4.74 Å². The molecule has 0 aliphatic carbocycles. The van der Waals surface area contributed by atoms with Gasteiger partial charge in [-0.15, -0.1) is 0 Å². The van der Waals surface area contributed by atoms with Crippen molar-refractivity contribution in [2.24, 2.45) is 0 Å². The molecule has 0 bridgehead atoms. The van der Waals surface area contributed by atoms with Crippen LogP contribution in [0.5, 0.6) is 0 Å². The number of hydrogen-bond donors (Lipinski definition) is 0. The van der Waals surface area contributed by atoms with Crippen LogP contribution in [0.2, 0.25) is 0 Å². The highest BCUT2D eigenvalue weighted by molar-refractivity contribution is 8.18. The summed E-state index contributed by atoms with van der Waals surface area (Å²) >= 11 is 1.01. The maximum atomic E-state index is 12.3. The molecule has 0 atom stereocenters. The van der Waals surface area contributed by atoms with Crippen molar-refractivity contribution < 1.29 is 14.3 Å². The molecule has 0 saturated carbocycles. The van der Waals surface area contributed by atoms with Gasteiger partial charge in [0.25, 0.3) is 11.1 Å². The highest BCUT2D eigenvalue weighted by Crippen LogP contribution is 2.33. The summed E-state index contributed by atoms with van der Waals surface area (Å²) in [4.78, 5) is 28.2. The number of carbonyl (C=O) groups excluding carboxylic acids is 2. The van der Waals surface area contributed by atoms with Crippen LogP contribution in [0.15, 0.2) is 29.2 Å². The first-order chi connectivity index (χ1) is 11.1. The molecule has 0 unspecified atom stereocenters. The fraction of sp³-hybridized carbons (Fsp3) is 0.412. The molecule has 2 aliphatic heterocycles. The van der Waals surface area contributed by atoms with Crippen LogP contribution in [0, 0.1) is 0 Å². The molecule has 122 valence electrons. The smallest absolute Gasteiger partial charge is 0.293 e. The minimum Gasteiger partial charge on any atom is -0.378 e. The van der Waals surface area contributed by atoms with Crippen molar-refractivity contribution in [3.63, 3.8) is 0 Å². The van der Waals surface area contributed by atoms with Crippen molar-refractivity contribution in [1.82, 2.24) is 4.90 Å². The summed E-state index contributed by atoms with van der Waals surface area (Å²) in [7, 11) is 0. The fourth-order valence-corrected chi connectivity index (χ4v) is 3.64. The molecule has 0 radical (unpaired) electrons. The van der Waals surface area contributed by atoms with Crippen LogP contribution < -0.4 is 4.90 Å². The third kappa shape index (κ3) is 3.43. The van der Waals surface area contributed by atoms with E-state index in [0.29, 0.717) is 4.91 Å². The number of morpholine rings is 1. The second kappa shape index (κ2) is 6.76. The molecule has 2 fully saturated rings. The number of ether oxygens (including phenoxy) is 1. The quantitative estimate of drug-likeness (QED) is 0.797. The number of rotatable bonds is 3. The van der Waals surface area contributed by atoms with Gasteiger partial charge in [-0.3, -0.25) is 14.5 Å². The summed E-state index contributed by atoms with van der Waals surface area (Å²) in [6.45, 7) is 6.99. The van der Waals surface area contributed by atoms with E-state index in [1.807, 2.05) is 38.1 Å². The molecule has 3 rings (SSSR count). The number of thioether (sulfide) groups is 1. The molecule has 5 nitrogen and oxygen atoms in total. The Morgan fingerprint density at radius 2 is 1.78 bits per heavy atom. The third-order valence-corrected chi connectivity index (χ3v) is 4.79. The molecule has 1 aromatic rings. The standard InChI is InChI=1S/C17H20N2O3S/c1-12(2)19-16(20)15(23-17(19)21)11-13-3-5-14(6-4-13)18-7-9-22-10-8-18/h3-6,11-12H,7-10H2,1-2H3/b15-11+. The molecule has 2 heterocycles. The molecule has 23 heavy (non-hydrogen) atoms. The van der Waals surface area contributed by atoms with Crippen LogP contribution >= 0.6 is 11.8 Å². The second-order valence-corrected chi connectivity index (χ2v) is 6.83. The molecule has 2 amide bonds. The Morgan fingerprint density at radius 1 is 1.13 bits per heavy atom. The molecule has 2 saturated heterocycles. The van der Waals surface area contributed by atoms with E-state index in [1.165, 1.54) is 4.90 Å². The number of amides is 2. The van der Waals surface area contributed by atoms with E-state index in [-0.39, 0.29) is 17.2 Å². The lowest BCUT2D eigenvalue weighted by atomic mass is 10.1. The molecule has 1 aromatic carbocycles. The van der Waals surface area contributed by atoms with Crippen molar-refractivity contribution in [2.75, 3.05) is 31.2 Å². The van der Waals surface area contributed by atoms with Gasteiger partial charge in [0.2, 0.25) is 0 Å². The van der Waals surface area contributed by atoms with Crippen LogP contribution in [0.25, 0.3) is 6.08 Å². The predicted octanol–water partition coefficient (Wildman–Crippen LogP) is 2.97. The van der Waals surface area contributed by atoms with E-state index in [9.17, 15) is 9.59 Å². The number of anilines is 1. The highest BCUT2D eigenvalue weighted by Gasteiger charge is 2.36. The van der Waals surface area contributed by atoms with Gasteiger partial charge in [0.05, 0.1) is 18.1 Å². The topological polar surface area (TPSA) is 49.9 Å². The van der Waals surface area contributed by atoms with Crippen LogP contribution in [-0.4, -0.2) is 48.4 Å². The van der Waals surface area contributed by atoms with E-state index >= 15 is 0 Å². The number of nitrogens with zero attached hydrogens (tertiary/aromatic N) is 2. The van der Waals surface area contributed by atoms with E-state index in [2.05, 4.69) is 4.90 Å². The van der Waals surface area contributed by atoms with Crippen molar-refractivity contribution in [1.29, 1.82) is 0 Å². The molecule has 0 aromatic heterocycles. The number of imide groups is 1. The minimum atomic E-state index is -0.202. The van der Waals surface area contributed by atoms with E-state index < -0.39 is 0 Å². The van der Waals surface area contributed by atoms with Gasteiger partial charge in [0.1, 0.15) is 0 Å². The van der Waals surface area contributed by atoms with Crippen LogP contribution in [-0.2, 0) is 9.53 Å². The largest absolute Gasteiger partial charge is 0.378 e. The molecule has 0 spiro atoms. The Labute approximate surface area is 140 Å². The SMILES string of the molecule is CC(C)N1C(=O)S/C(=C/c2ccc(N3CCOCC3)cc2)C1=O. The number of carbonyl (C=O) groups is 2. The Hall–Kier alpha value is -1.79. The van der Waals surface area contributed by atoms with E-state index in [1.54, 1.807) is 6.08 Å². The monoisotopic (exact) mass is 332 g/mol. The van der Waals surface area contributed by atoms with Gasteiger partial charge < -0.3 is 9.64 Å². The van der Waals surface area contributed by atoms with Gasteiger partial charge in [-0.05, 0) is 49.4 Å². The lowest BCUT2D eigenvalue weighted by Crippen LogP contribution is -2.36. The first kappa shape index (κ1) is 16.1. The second-order valence-electron chi connectivity index (χ2n) is 5.84. The first-order valence-electron chi connectivity index (χ1n) is 7.76. The van der Waals surface area contributed by atoms with Crippen molar-refractivity contribution in [3.05, 3.63) is 34.7 Å². The zero-order chi connectivity index (χ0) is 16.4. The number of benzene rings is 1. The third-order valence-electron chi connectivity index (χ3n) is 3.91. The average Bonchev–Trinajstić information content (AvgIpc) is 2.83. The predicted molar refractivity (Wildman–Crippen MR) is 92.4 cm³/mol. The van der Waals surface area contributed by atoms with Gasteiger partial charge >= 0.3 is 0 Å². The zero-order valence-corrected chi connectivity index (χ0v) is 14.1. The molecule has 6 heteroatoms. The summed E-state index contributed by atoms with van der Waals surface area (Å²) in [6, 6.07) is 7.94. The first-order valence-corrected chi connectivity index (χ1v) is 8.58. The summed E-state index contributed by atoms with van der Waals surface area (Å²) in [5, 5.41) is -0.193. The summed E-state index contributed by atoms with van der Waals surface area (Å²) < 4.78 is 5.36. The van der Waals surface area contributed by atoms with Gasteiger partial charge in [-0.2, -0.15) is 0 Å². The van der Waals surface area contributed by atoms with Crippen molar-refractivity contribution in [3.8, 4) is 0 Å². The number of hydrogen-bond acceptors (Lipinski definition) is 5. The highest BCUT2D eigenvalue weighted by atomic mass is 32.2. The Bertz CT molecular complexity index is 634. The normalized spacial score (nSPS) is 20.9. The zero-order valence-electron chi connectivity index (χ0n) is 13.3. The molecular weight excluding hydrogens is 312 g/mol. The van der Waals surface area contributed by atoms with Gasteiger partial charge in [0, 0.05) is 24.8 Å². The van der Waals surface area contributed by atoms with Crippen LogP contribution in [0.4, 0.5) is 10.5 Å². The molecule has 0 N–H and O–H groups in total. The van der Waals surface area contributed by atoms with Crippen molar-refractivity contribution >= 4 is 34.7 Å². The Morgan fingerprint density at radius 3 is 2.35 bits per heavy atom. The minimum absolute atomic E-state index is 0.114. The van der Waals surface area contributed by atoms with Gasteiger partial charge in [-0.25, -0.2) is 0 Å². The maximum absolute atomic E-state index is 12.3. The average molecular weight is 332 g/mol. The summed E-state index contributed by atoms with van der Waals surface area (Å²) in [5.41, 5.74) is 2.08. The Kier molecular flexibility index (Phi) is 4.73. The lowest BCUT2D eigenvalue weighted by molar-refractivity contribution is -0.123. The molecular formula is C17H20N2O3S. The summed E-state index contributed by atoms with van der Waals surface area (Å²) in [6.07, 6.45) is 1.79. The van der Waals surface area contributed by atoms with E-state index in [0.717, 1.165) is 49.3 Å². The van der Waals surface area contributed by atoms with Crippen LogP contribution in [0.3, 0.4) is 0 Å². The van der Waals surface area contributed by atoms with Gasteiger partial charge in [0.15, 0.2) is 0 Å². The van der Waals surface area contributed by atoms with Gasteiger partial charge in [-0.1, -0.05) is 12.1 Å². The summed E-state index contributed by atoms with van der Waals surface area (Å²) in [5.74, 6) is -0.202. The van der Waals surface area contributed by atoms with Crippen LogP contribution in [0.1, 0.15) is 19.4 Å². The lowest BCUT2D eigenvalue weighted by Gasteiger charge is -2.28.